The molecule has 1 fully saturated rings. The standard InChI is InChI=1S/C11H16N4O/c1-11(2)10(16)14-5-6-15(11)9-3-4-13-7-8(9)12/h3-4,7H,5-6,12H2,1-2H3,(H,14,16). The van der Waals surface area contributed by atoms with Gasteiger partial charge in [-0.3, -0.25) is 9.78 Å². The van der Waals surface area contributed by atoms with Crippen LogP contribution in [0.1, 0.15) is 13.8 Å². The Labute approximate surface area is 94.6 Å². The third-order valence-electron chi connectivity index (χ3n) is 2.97. The van der Waals surface area contributed by atoms with Crippen LogP contribution in [-0.2, 0) is 4.79 Å². The summed E-state index contributed by atoms with van der Waals surface area (Å²) in [5.74, 6) is 0.0231. The molecule has 16 heavy (non-hydrogen) atoms. The topological polar surface area (TPSA) is 71.2 Å². The Hall–Kier alpha value is -1.78. The quantitative estimate of drug-likeness (QED) is 0.717. The lowest BCUT2D eigenvalue weighted by Crippen LogP contribution is -2.62. The molecule has 0 aliphatic carbocycles. The zero-order chi connectivity index (χ0) is 11.8. The van der Waals surface area contributed by atoms with Gasteiger partial charge >= 0.3 is 0 Å². The van der Waals surface area contributed by atoms with E-state index in [9.17, 15) is 4.79 Å². The second kappa shape index (κ2) is 3.66. The second-order valence-corrected chi connectivity index (χ2v) is 4.40. The summed E-state index contributed by atoms with van der Waals surface area (Å²) in [6.45, 7) is 5.18. The number of carbonyl (C=O) groups excluding carboxylic acids is 1. The van der Waals surface area contributed by atoms with Gasteiger partial charge in [-0.15, -0.1) is 0 Å². The molecule has 0 aromatic carbocycles. The number of carbonyl (C=O) groups is 1. The number of anilines is 2. The van der Waals surface area contributed by atoms with Gasteiger partial charge in [-0.1, -0.05) is 0 Å². The van der Waals surface area contributed by atoms with E-state index in [1.54, 1.807) is 12.4 Å². The number of nitrogens with zero attached hydrogens (tertiary/aromatic N) is 2. The molecule has 5 heteroatoms. The van der Waals surface area contributed by atoms with Crippen LogP contribution < -0.4 is 16.0 Å². The van der Waals surface area contributed by atoms with Crippen LogP contribution in [0.5, 0.6) is 0 Å². The summed E-state index contributed by atoms with van der Waals surface area (Å²) in [5, 5.41) is 2.85. The molecule has 1 aliphatic heterocycles. The van der Waals surface area contributed by atoms with E-state index in [1.807, 2.05) is 24.8 Å². The fraction of sp³-hybridized carbons (Fsp3) is 0.455. The first kappa shape index (κ1) is 10.7. The molecule has 2 rings (SSSR count). The minimum Gasteiger partial charge on any atom is -0.396 e. The number of rotatable bonds is 1. The Kier molecular flexibility index (Phi) is 2.46. The van der Waals surface area contributed by atoms with E-state index in [0.717, 1.165) is 12.2 Å². The molecule has 0 radical (unpaired) electrons. The van der Waals surface area contributed by atoms with Crippen molar-refractivity contribution in [1.82, 2.24) is 10.3 Å². The summed E-state index contributed by atoms with van der Waals surface area (Å²) < 4.78 is 0. The van der Waals surface area contributed by atoms with Crippen LogP contribution in [0.3, 0.4) is 0 Å². The molecule has 1 amide bonds. The number of nitrogens with two attached hydrogens (primary N) is 1. The molecule has 0 bridgehead atoms. The SMILES string of the molecule is CC1(C)C(=O)NCCN1c1ccncc1N. The molecule has 86 valence electrons. The Morgan fingerprint density at radius 3 is 3.00 bits per heavy atom. The fourth-order valence-electron chi connectivity index (χ4n) is 1.97. The molecule has 0 spiro atoms. The van der Waals surface area contributed by atoms with Crippen LogP contribution in [0.25, 0.3) is 0 Å². The van der Waals surface area contributed by atoms with E-state index >= 15 is 0 Å². The second-order valence-electron chi connectivity index (χ2n) is 4.40. The first-order valence-electron chi connectivity index (χ1n) is 5.29. The van der Waals surface area contributed by atoms with E-state index in [-0.39, 0.29) is 5.91 Å². The Morgan fingerprint density at radius 2 is 2.31 bits per heavy atom. The highest BCUT2D eigenvalue weighted by Gasteiger charge is 2.38. The zero-order valence-electron chi connectivity index (χ0n) is 9.53. The summed E-state index contributed by atoms with van der Waals surface area (Å²) in [4.78, 5) is 17.8. The summed E-state index contributed by atoms with van der Waals surface area (Å²) in [5.41, 5.74) is 6.78. The molecule has 1 aromatic rings. The predicted molar refractivity (Wildman–Crippen MR) is 63.1 cm³/mol. The third kappa shape index (κ3) is 1.58. The summed E-state index contributed by atoms with van der Waals surface area (Å²) >= 11 is 0. The van der Waals surface area contributed by atoms with Crippen LogP contribution in [0.15, 0.2) is 18.5 Å². The molecule has 2 heterocycles. The summed E-state index contributed by atoms with van der Waals surface area (Å²) in [7, 11) is 0. The lowest BCUT2D eigenvalue weighted by Gasteiger charge is -2.43. The average molecular weight is 220 g/mol. The first-order valence-corrected chi connectivity index (χ1v) is 5.29. The minimum absolute atomic E-state index is 0.0231. The van der Waals surface area contributed by atoms with Crippen LogP contribution in [-0.4, -0.2) is 29.5 Å². The highest BCUT2D eigenvalue weighted by atomic mass is 16.2. The highest BCUT2D eigenvalue weighted by Crippen LogP contribution is 2.29. The Balaban J connectivity index is 2.40. The van der Waals surface area contributed by atoms with Gasteiger partial charge in [0.05, 0.1) is 17.6 Å². The number of pyridine rings is 1. The Bertz CT molecular complexity index is 416. The molecule has 1 aliphatic rings. The molecule has 0 unspecified atom stereocenters. The maximum atomic E-state index is 11.8. The van der Waals surface area contributed by atoms with Crippen molar-refractivity contribution in [3.63, 3.8) is 0 Å². The maximum absolute atomic E-state index is 11.8. The van der Waals surface area contributed by atoms with E-state index in [1.165, 1.54) is 0 Å². The third-order valence-corrected chi connectivity index (χ3v) is 2.97. The van der Waals surface area contributed by atoms with Crippen molar-refractivity contribution >= 4 is 17.3 Å². The number of nitrogens with one attached hydrogen (secondary N) is 1. The molecule has 0 saturated carbocycles. The average Bonchev–Trinajstić information content (AvgIpc) is 2.24. The van der Waals surface area contributed by atoms with Gasteiger partial charge in [0.1, 0.15) is 5.54 Å². The van der Waals surface area contributed by atoms with E-state index in [4.69, 9.17) is 5.73 Å². The van der Waals surface area contributed by atoms with Crippen molar-refractivity contribution in [1.29, 1.82) is 0 Å². The molecule has 0 atom stereocenters. The number of aromatic nitrogens is 1. The van der Waals surface area contributed by atoms with Gasteiger partial charge in [-0.2, -0.15) is 0 Å². The molecule has 3 N–H and O–H groups in total. The maximum Gasteiger partial charge on any atom is 0.245 e. The van der Waals surface area contributed by atoms with Crippen molar-refractivity contribution in [2.75, 3.05) is 23.7 Å². The Morgan fingerprint density at radius 1 is 1.56 bits per heavy atom. The van der Waals surface area contributed by atoms with Crippen molar-refractivity contribution < 1.29 is 4.79 Å². The fourth-order valence-corrected chi connectivity index (χ4v) is 1.97. The van der Waals surface area contributed by atoms with Gasteiger partial charge < -0.3 is 16.0 Å². The van der Waals surface area contributed by atoms with Gasteiger partial charge in [0, 0.05) is 19.3 Å². The van der Waals surface area contributed by atoms with Gasteiger partial charge in [-0.25, -0.2) is 0 Å². The number of nitrogen functional groups attached to an aromatic ring is 1. The first-order chi connectivity index (χ1) is 7.53. The van der Waals surface area contributed by atoms with Crippen molar-refractivity contribution in [3.05, 3.63) is 18.5 Å². The smallest absolute Gasteiger partial charge is 0.245 e. The lowest BCUT2D eigenvalue weighted by molar-refractivity contribution is -0.126. The highest BCUT2D eigenvalue weighted by molar-refractivity contribution is 5.91. The number of piperazine rings is 1. The monoisotopic (exact) mass is 220 g/mol. The molecule has 5 nitrogen and oxygen atoms in total. The van der Waals surface area contributed by atoms with Crippen LogP contribution in [0.4, 0.5) is 11.4 Å². The van der Waals surface area contributed by atoms with E-state index < -0.39 is 5.54 Å². The van der Waals surface area contributed by atoms with Crippen molar-refractivity contribution in [2.45, 2.75) is 19.4 Å². The minimum atomic E-state index is -0.576. The van der Waals surface area contributed by atoms with Crippen LogP contribution in [0, 0.1) is 0 Å². The van der Waals surface area contributed by atoms with E-state index in [2.05, 4.69) is 10.3 Å². The van der Waals surface area contributed by atoms with Crippen LogP contribution in [0.2, 0.25) is 0 Å². The number of hydrogen-bond acceptors (Lipinski definition) is 4. The molecular weight excluding hydrogens is 204 g/mol. The van der Waals surface area contributed by atoms with Gasteiger partial charge in [-0.05, 0) is 19.9 Å². The summed E-state index contributed by atoms with van der Waals surface area (Å²) in [6, 6.07) is 1.84. The van der Waals surface area contributed by atoms with E-state index in [0.29, 0.717) is 12.2 Å². The van der Waals surface area contributed by atoms with Gasteiger partial charge in [0.25, 0.3) is 0 Å². The zero-order valence-corrected chi connectivity index (χ0v) is 9.53. The molecule has 1 saturated heterocycles. The number of amides is 1. The molecular formula is C11H16N4O. The number of hydrogen-bond donors (Lipinski definition) is 2. The van der Waals surface area contributed by atoms with Gasteiger partial charge in [0.2, 0.25) is 5.91 Å². The summed E-state index contributed by atoms with van der Waals surface area (Å²) in [6.07, 6.45) is 3.30. The van der Waals surface area contributed by atoms with Gasteiger partial charge in [0.15, 0.2) is 0 Å². The largest absolute Gasteiger partial charge is 0.396 e. The van der Waals surface area contributed by atoms with Crippen LogP contribution >= 0.6 is 0 Å². The predicted octanol–water partition coefficient (Wildman–Crippen LogP) is 0.379. The van der Waals surface area contributed by atoms with Crippen molar-refractivity contribution in [3.8, 4) is 0 Å². The van der Waals surface area contributed by atoms with Crippen molar-refractivity contribution in [2.24, 2.45) is 0 Å². The normalized spacial score (nSPS) is 19.4. The lowest BCUT2D eigenvalue weighted by atomic mass is 9.98. The molecule has 1 aromatic heterocycles.